The predicted molar refractivity (Wildman–Crippen MR) is 104 cm³/mol. The van der Waals surface area contributed by atoms with Crippen LogP contribution in [0.25, 0.3) is 0 Å². The molecule has 0 aliphatic rings. The Hall–Kier alpha value is -2.79. The Kier molecular flexibility index (Phi) is 5.81. The Labute approximate surface area is 163 Å². The molecule has 0 saturated carbocycles. The van der Waals surface area contributed by atoms with Gasteiger partial charge in [-0.05, 0) is 55.8 Å². The molecule has 2 aromatic carbocycles. The van der Waals surface area contributed by atoms with Gasteiger partial charge in [-0.25, -0.2) is 0 Å². The number of benzene rings is 2. The van der Waals surface area contributed by atoms with Crippen LogP contribution < -0.4 is 4.74 Å². The average molecular weight is 385 g/mol. The summed E-state index contributed by atoms with van der Waals surface area (Å²) in [4.78, 5) is 14.3. The molecule has 0 atom stereocenters. The molecular formula is C21H21ClN2O3. The summed E-state index contributed by atoms with van der Waals surface area (Å²) in [5.41, 5.74) is 3.40. The van der Waals surface area contributed by atoms with Crippen molar-refractivity contribution in [2.75, 3.05) is 7.05 Å². The smallest absolute Gasteiger partial charge is 0.253 e. The summed E-state index contributed by atoms with van der Waals surface area (Å²) < 4.78 is 10.9. The van der Waals surface area contributed by atoms with Crippen LogP contribution in [0.3, 0.4) is 0 Å². The number of hydrogen-bond acceptors (Lipinski definition) is 4. The molecule has 0 radical (unpaired) electrons. The van der Waals surface area contributed by atoms with Gasteiger partial charge in [0.2, 0.25) is 0 Å². The lowest BCUT2D eigenvalue weighted by molar-refractivity contribution is 0.0785. The van der Waals surface area contributed by atoms with Crippen LogP contribution in [0.2, 0.25) is 5.02 Å². The molecule has 1 heterocycles. The molecule has 1 amide bonds. The molecule has 1 aromatic heterocycles. The van der Waals surface area contributed by atoms with E-state index in [4.69, 9.17) is 20.9 Å². The van der Waals surface area contributed by atoms with Crippen molar-refractivity contribution >= 4 is 17.5 Å². The first kappa shape index (κ1) is 19.0. The summed E-state index contributed by atoms with van der Waals surface area (Å²) in [6, 6.07) is 14.6. The largest absolute Gasteiger partial charge is 0.489 e. The van der Waals surface area contributed by atoms with Gasteiger partial charge in [-0.15, -0.1) is 0 Å². The number of hydrogen-bond donors (Lipinski definition) is 0. The highest BCUT2D eigenvalue weighted by Gasteiger charge is 2.13. The molecule has 3 rings (SSSR count). The first-order valence-electron chi connectivity index (χ1n) is 8.58. The van der Waals surface area contributed by atoms with Gasteiger partial charge in [0.25, 0.3) is 5.91 Å². The molecule has 3 aromatic rings. The highest BCUT2D eigenvalue weighted by Crippen LogP contribution is 2.19. The molecule has 0 N–H and O–H groups in total. The fourth-order valence-electron chi connectivity index (χ4n) is 2.71. The lowest BCUT2D eigenvalue weighted by atomic mass is 10.1. The number of nitrogens with zero attached hydrogens (tertiary/aromatic N) is 2. The summed E-state index contributed by atoms with van der Waals surface area (Å²) in [6.07, 6.45) is 0. The molecule has 0 aliphatic heterocycles. The molecule has 0 bridgehead atoms. The molecule has 0 unspecified atom stereocenters. The van der Waals surface area contributed by atoms with E-state index in [0.29, 0.717) is 29.5 Å². The zero-order chi connectivity index (χ0) is 19.4. The van der Waals surface area contributed by atoms with Crippen LogP contribution in [0.4, 0.5) is 0 Å². The summed E-state index contributed by atoms with van der Waals surface area (Å²) in [6.45, 7) is 4.63. The van der Waals surface area contributed by atoms with Crippen LogP contribution in [0.15, 0.2) is 53.1 Å². The lowest BCUT2D eigenvalue weighted by Crippen LogP contribution is -2.26. The maximum Gasteiger partial charge on any atom is 0.253 e. The monoisotopic (exact) mass is 384 g/mol. The Morgan fingerprint density at radius 3 is 2.37 bits per heavy atom. The van der Waals surface area contributed by atoms with E-state index in [0.717, 1.165) is 22.6 Å². The fraction of sp³-hybridized carbons (Fsp3) is 0.238. The minimum absolute atomic E-state index is 0.0535. The first-order valence-corrected chi connectivity index (χ1v) is 8.96. The van der Waals surface area contributed by atoms with Gasteiger partial charge in [-0.2, -0.15) is 0 Å². The average Bonchev–Trinajstić information content (AvgIpc) is 2.99. The van der Waals surface area contributed by atoms with Crippen molar-refractivity contribution in [3.05, 3.63) is 81.7 Å². The zero-order valence-electron chi connectivity index (χ0n) is 15.5. The highest BCUT2D eigenvalue weighted by molar-refractivity contribution is 6.30. The van der Waals surface area contributed by atoms with Gasteiger partial charge in [0, 0.05) is 24.2 Å². The molecule has 6 heteroatoms. The van der Waals surface area contributed by atoms with Crippen molar-refractivity contribution in [3.63, 3.8) is 0 Å². The molecule has 5 nitrogen and oxygen atoms in total. The standard InChI is InChI=1S/C21H21ClN2O3/c1-14-20(15(2)27-23-14)13-26-19-10-6-17(7-11-19)21(25)24(3)12-16-4-8-18(22)9-5-16/h4-11H,12-13H2,1-3H3. The number of carbonyl (C=O) groups excluding carboxylic acids is 1. The van der Waals surface area contributed by atoms with Gasteiger partial charge in [0.1, 0.15) is 18.1 Å². The summed E-state index contributed by atoms with van der Waals surface area (Å²) in [5.74, 6) is 1.39. The highest BCUT2D eigenvalue weighted by atomic mass is 35.5. The van der Waals surface area contributed by atoms with Gasteiger partial charge < -0.3 is 14.2 Å². The maximum atomic E-state index is 12.6. The van der Waals surface area contributed by atoms with Gasteiger partial charge in [0.15, 0.2) is 0 Å². The lowest BCUT2D eigenvalue weighted by Gasteiger charge is -2.17. The van der Waals surface area contributed by atoms with E-state index in [9.17, 15) is 4.79 Å². The number of carbonyl (C=O) groups is 1. The van der Waals surface area contributed by atoms with Gasteiger partial charge in [-0.1, -0.05) is 28.9 Å². The van der Waals surface area contributed by atoms with Crippen LogP contribution in [0, 0.1) is 13.8 Å². The van der Waals surface area contributed by atoms with E-state index in [-0.39, 0.29) is 5.91 Å². The van der Waals surface area contributed by atoms with Gasteiger partial charge >= 0.3 is 0 Å². The molecule has 140 valence electrons. The molecular weight excluding hydrogens is 364 g/mol. The summed E-state index contributed by atoms with van der Waals surface area (Å²) in [7, 11) is 1.78. The number of aryl methyl sites for hydroxylation is 2. The van der Waals surface area contributed by atoms with Crippen molar-refractivity contribution < 1.29 is 14.1 Å². The van der Waals surface area contributed by atoms with Crippen molar-refractivity contribution in [1.29, 1.82) is 0 Å². The van der Waals surface area contributed by atoms with E-state index < -0.39 is 0 Å². The van der Waals surface area contributed by atoms with Crippen LogP contribution >= 0.6 is 11.6 Å². The number of aromatic nitrogens is 1. The topological polar surface area (TPSA) is 55.6 Å². The maximum absolute atomic E-state index is 12.6. The van der Waals surface area contributed by atoms with Crippen LogP contribution in [-0.4, -0.2) is 23.0 Å². The number of halogens is 1. The van der Waals surface area contributed by atoms with Crippen LogP contribution in [0.1, 0.15) is 32.9 Å². The number of rotatable bonds is 6. The summed E-state index contributed by atoms with van der Waals surface area (Å²) >= 11 is 5.90. The third kappa shape index (κ3) is 4.68. The number of amides is 1. The van der Waals surface area contributed by atoms with Crippen molar-refractivity contribution in [2.24, 2.45) is 0 Å². The van der Waals surface area contributed by atoms with Crippen LogP contribution in [0.5, 0.6) is 5.75 Å². The third-order valence-corrected chi connectivity index (χ3v) is 4.60. The van der Waals surface area contributed by atoms with Crippen molar-refractivity contribution in [3.8, 4) is 5.75 Å². The normalized spacial score (nSPS) is 10.7. The van der Waals surface area contributed by atoms with Gasteiger partial charge in [-0.3, -0.25) is 4.79 Å². The predicted octanol–water partition coefficient (Wildman–Crippen LogP) is 4.80. The minimum Gasteiger partial charge on any atom is -0.489 e. The Morgan fingerprint density at radius 2 is 1.78 bits per heavy atom. The van der Waals surface area contributed by atoms with Crippen LogP contribution in [-0.2, 0) is 13.2 Å². The van der Waals surface area contributed by atoms with E-state index in [1.54, 1.807) is 36.2 Å². The van der Waals surface area contributed by atoms with E-state index >= 15 is 0 Å². The second-order valence-corrected chi connectivity index (χ2v) is 6.84. The minimum atomic E-state index is -0.0535. The van der Waals surface area contributed by atoms with E-state index in [2.05, 4.69) is 5.16 Å². The van der Waals surface area contributed by atoms with Crippen molar-refractivity contribution in [1.82, 2.24) is 10.1 Å². The number of ether oxygens (including phenoxy) is 1. The van der Waals surface area contributed by atoms with E-state index in [1.165, 1.54) is 0 Å². The second kappa shape index (κ2) is 8.27. The molecule has 0 aliphatic carbocycles. The zero-order valence-corrected chi connectivity index (χ0v) is 16.3. The van der Waals surface area contributed by atoms with E-state index in [1.807, 2.05) is 38.1 Å². The second-order valence-electron chi connectivity index (χ2n) is 6.40. The van der Waals surface area contributed by atoms with Crippen molar-refractivity contribution in [2.45, 2.75) is 27.0 Å². The summed E-state index contributed by atoms with van der Waals surface area (Å²) in [5, 5.41) is 4.59. The Balaban J connectivity index is 1.60. The fourth-order valence-corrected chi connectivity index (χ4v) is 2.84. The first-order chi connectivity index (χ1) is 12.9. The third-order valence-electron chi connectivity index (χ3n) is 4.35. The molecule has 27 heavy (non-hydrogen) atoms. The Morgan fingerprint density at radius 1 is 1.11 bits per heavy atom. The Bertz CT molecular complexity index is 898. The molecule has 0 fully saturated rings. The quantitative estimate of drug-likeness (QED) is 0.612. The van der Waals surface area contributed by atoms with Gasteiger partial charge in [0.05, 0.1) is 11.3 Å². The molecule has 0 saturated heterocycles. The SMILES string of the molecule is Cc1noc(C)c1COc1ccc(C(=O)N(C)Cc2ccc(Cl)cc2)cc1. The molecule has 0 spiro atoms.